The molecule has 8 heteroatoms. The highest BCUT2D eigenvalue weighted by molar-refractivity contribution is 6.42. The highest BCUT2D eigenvalue weighted by atomic mass is 35.5. The van der Waals surface area contributed by atoms with Gasteiger partial charge in [-0.05, 0) is 72.4 Å². The van der Waals surface area contributed by atoms with E-state index in [1.165, 1.54) is 0 Å². The van der Waals surface area contributed by atoms with Crippen molar-refractivity contribution in [2.24, 2.45) is 10.8 Å². The van der Waals surface area contributed by atoms with Crippen LogP contribution in [0.3, 0.4) is 0 Å². The Labute approximate surface area is 270 Å². The maximum atomic E-state index is 14.0. The third-order valence-corrected chi connectivity index (χ3v) is 9.52. The number of Topliss-reactive ketones (excluding diaryl/α,β-unsaturated/α-hetero) is 2. The molecular formula is C35H40Cl3NO4. The average molecular weight is 645 g/mol. The Bertz CT molecular complexity index is 1480. The number of allylic oxidation sites excluding steroid dienone is 4. The molecule has 0 amide bonds. The number of hydrogen-bond acceptors (Lipinski definition) is 5. The number of carbonyl (C=O) groups is 2. The van der Waals surface area contributed by atoms with Crippen LogP contribution in [0.5, 0.6) is 11.5 Å². The Kier molecular flexibility index (Phi) is 9.02. The van der Waals surface area contributed by atoms with Gasteiger partial charge in [-0.1, -0.05) is 75.5 Å². The van der Waals surface area contributed by atoms with Crippen LogP contribution in [-0.2, 0) is 16.2 Å². The predicted octanol–water partition coefficient (Wildman–Crippen LogP) is 9.72. The number of ketones is 2. The first kappa shape index (κ1) is 31.9. The summed E-state index contributed by atoms with van der Waals surface area (Å²) in [5.74, 6) is 0.548. The van der Waals surface area contributed by atoms with Gasteiger partial charge in [0.2, 0.25) is 0 Å². The van der Waals surface area contributed by atoms with E-state index in [-0.39, 0.29) is 29.0 Å². The van der Waals surface area contributed by atoms with Gasteiger partial charge in [-0.25, -0.2) is 0 Å². The van der Waals surface area contributed by atoms with Crippen LogP contribution in [0.2, 0.25) is 15.1 Å². The molecule has 1 aliphatic heterocycles. The van der Waals surface area contributed by atoms with E-state index in [2.05, 4.69) is 39.5 Å². The van der Waals surface area contributed by atoms with Gasteiger partial charge in [0.25, 0.3) is 0 Å². The van der Waals surface area contributed by atoms with Crippen molar-refractivity contribution in [3.8, 4) is 11.5 Å². The van der Waals surface area contributed by atoms with Crippen LogP contribution in [0.25, 0.3) is 0 Å². The van der Waals surface area contributed by atoms with Gasteiger partial charge in [0.15, 0.2) is 23.1 Å². The molecule has 5 rings (SSSR count). The first-order chi connectivity index (χ1) is 20.2. The lowest BCUT2D eigenvalue weighted by atomic mass is 9.63. The molecule has 230 valence electrons. The molecule has 3 aliphatic rings. The van der Waals surface area contributed by atoms with Crippen molar-refractivity contribution in [1.82, 2.24) is 4.90 Å². The van der Waals surface area contributed by atoms with Gasteiger partial charge >= 0.3 is 0 Å². The maximum Gasteiger partial charge on any atom is 0.180 e. The van der Waals surface area contributed by atoms with Gasteiger partial charge in [-0.2, -0.15) is 0 Å². The highest BCUT2D eigenvalue weighted by Gasteiger charge is 2.49. The Hall–Kier alpha value is -2.47. The summed E-state index contributed by atoms with van der Waals surface area (Å²) in [4.78, 5) is 30.4. The fourth-order valence-electron chi connectivity index (χ4n) is 6.82. The lowest BCUT2D eigenvalue weighted by Gasteiger charge is -2.49. The van der Waals surface area contributed by atoms with Gasteiger partial charge < -0.3 is 14.4 Å². The van der Waals surface area contributed by atoms with Crippen LogP contribution >= 0.6 is 34.8 Å². The first-order valence-corrected chi connectivity index (χ1v) is 16.2. The van der Waals surface area contributed by atoms with Crippen molar-refractivity contribution >= 4 is 46.4 Å². The van der Waals surface area contributed by atoms with E-state index < -0.39 is 5.92 Å². The number of rotatable bonds is 8. The summed E-state index contributed by atoms with van der Waals surface area (Å²) < 4.78 is 12.2. The second kappa shape index (κ2) is 12.1. The van der Waals surface area contributed by atoms with Crippen LogP contribution in [0.1, 0.15) is 90.7 Å². The van der Waals surface area contributed by atoms with E-state index in [0.29, 0.717) is 46.0 Å². The summed E-state index contributed by atoms with van der Waals surface area (Å²) in [5.41, 5.74) is 4.80. The zero-order valence-corrected chi connectivity index (χ0v) is 28.1. The zero-order chi connectivity index (χ0) is 31.3. The predicted molar refractivity (Wildman–Crippen MR) is 173 cm³/mol. The molecule has 0 radical (unpaired) electrons. The van der Waals surface area contributed by atoms with E-state index in [9.17, 15) is 9.59 Å². The molecule has 0 aromatic heterocycles. The normalized spacial score (nSPS) is 19.9. The molecule has 43 heavy (non-hydrogen) atoms. The molecule has 0 atom stereocenters. The Balaban J connectivity index is 1.65. The monoisotopic (exact) mass is 643 g/mol. The summed E-state index contributed by atoms with van der Waals surface area (Å²) in [5, 5.41) is 1.27. The van der Waals surface area contributed by atoms with Crippen molar-refractivity contribution in [2.45, 2.75) is 86.2 Å². The molecule has 5 nitrogen and oxygen atoms in total. The summed E-state index contributed by atoms with van der Waals surface area (Å²) in [6.07, 6.45) is 3.31. The standard InChI is InChI=1S/C35H40Cl3NO4/c1-7-11-39-25-15-34(3,4)17-27(40)31(25)30(32-26(39)16-35(5,6)18-28(32)41)21-13-24(38)33(29(14-21)42-8-2)43-19-20-9-10-22(36)23(37)12-20/h9-10,12-14,30H,7-8,11,15-19H2,1-6H3. The lowest BCUT2D eigenvalue weighted by molar-refractivity contribution is -0.119. The minimum atomic E-state index is -0.508. The molecule has 2 aromatic carbocycles. The van der Waals surface area contributed by atoms with Crippen molar-refractivity contribution in [2.75, 3.05) is 13.2 Å². The van der Waals surface area contributed by atoms with Crippen LogP contribution in [0.15, 0.2) is 52.9 Å². The quantitative estimate of drug-likeness (QED) is 0.286. The van der Waals surface area contributed by atoms with E-state index in [0.717, 1.165) is 59.5 Å². The number of hydrogen-bond donors (Lipinski definition) is 0. The van der Waals surface area contributed by atoms with E-state index in [1.54, 1.807) is 12.1 Å². The van der Waals surface area contributed by atoms with Gasteiger partial charge in [-0.15, -0.1) is 0 Å². The van der Waals surface area contributed by atoms with Crippen LogP contribution in [0, 0.1) is 10.8 Å². The summed E-state index contributed by atoms with van der Waals surface area (Å²) >= 11 is 19.2. The number of benzene rings is 2. The van der Waals surface area contributed by atoms with Gasteiger partial charge in [0, 0.05) is 47.8 Å². The van der Waals surface area contributed by atoms with E-state index in [1.807, 2.05) is 25.1 Å². The molecule has 1 heterocycles. The molecule has 2 aromatic rings. The minimum Gasteiger partial charge on any atom is -0.490 e. The molecule has 0 N–H and O–H groups in total. The van der Waals surface area contributed by atoms with Gasteiger partial charge in [0.1, 0.15) is 6.61 Å². The van der Waals surface area contributed by atoms with Crippen LogP contribution < -0.4 is 9.47 Å². The largest absolute Gasteiger partial charge is 0.490 e. The average Bonchev–Trinajstić information content (AvgIpc) is 2.89. The number of carbonyl (C=O) groups excluding carboxylic acids is 2. The lowest BCUT2D eigenvalue weighted by Crippen LogP contribution is -2.44. The Morgan fingerprint density at radius 1 is 0.791 bits per heavy atom. The van der Waals surface area contributed by atoms with E-state index >= 15 is 0 Å². The molecule has 0 fully saturated rings. The topological polar surface area (TPSA) is 55.8 Å². The number of nitrogens with zero attached hydrogens (tertiary/aromatic N) is 1. The zero-order valence-electron chi connectivity index (χ0n) is 25.8. The smallest absolute Gasteiger partial charge is 0.180 e. The minimum absolute atomic E-state index is 0.0931. The molecular weight excluding hydrogens is 605 g/mol. The highest BCUT2D eigenvalue weighted by Crippen LogP contribution is 2.55. The fourth-order valence-corrected chi connectivity index (χ4v) is 7.41. The Morgan fingerprint density at radius 3 is 1.93 bits per heavy atom. The molecule has 0 spiro atoms. The summed E-state index contributed by atoms with van der Waals surface area (Å²) in [6.45, 7) is 14.0. The molecule has 0 saturated carbocycles. The van der Waals surface area contributed by atoms with Crippen molar-refractivity contribution in [1.29, 1.82) is 0 Å². The third kappa shape index (κ3) is 6.36. The molecule has 0 saturated heterocycles. The molecule has 0 unspecified atom stereocenters. The molecule has 2 aliphatic carbocycles. The SMILES string of the molecule is CCCN1C2=C(C(=O)CC(C)(C)C2)C(c2cc(Cl)c(OCc3ccc(Cl)c(Cl)c3)c(OCC)c2)C2=C1CC(C)(C)CC2=O. The molecule has 0 bridgehead atoms. The van der Waals surface area contributed by atoms with Crippen molar-refractivity contribution < 1.29 is 19.1 Å². The van der Waals surface area contributed by atoms with Crippen molar-refractivity contribution in [3.63, 3.8) is 0 Å². The fraction of sp³-hybridized carbons (Fsp3) is 0.486. The second-order valence-electron chi connectivity index (χ2n) is 13.5. The first-order valence-electron chi connectivity index (χ1n) is 15.1. The van der Waals surface area contributed by atoms with Gasteiger partial charge in [-0.3, -0.25) is 9.59 Å². The number of halogens is 3. The summed E-state index contributed by atoms with van der Waals surface area (Å²) in [7, 11) is 0. The van der Waals surface area contributed by atoms with Crippen LogP contribution in [0.4, 0.5) is 0 Å². The second-order valence-corrected chi connectivity index (χ2v) is 14.7. The maximum absolute atomic E-state index is 14.0. The van der Waals surface area contributed by atoms with Crippen molar-refractivity contribution in [3.05, 3.63) is 79.1 Å². The van der Waals surface area contributed by atoms with Crippen LogP contribution in [-0.4, -0.2) is 29.6 Å². The number of ether oxygens (including phenoxy) is 2. The Morgan fingerprint density at radius 2 is 1.40 bits per heavy atom. The van der Waals surface area contributed by atoms with Gasteiger partial charge in [0.05, 0.1) is 21.7 Å². The van der Waals surface area contributed by atoms with E-state index in [4.69, 9.17) is 44.3 Å². The summed E-state index contributed by atoms with van der Waals surface area (Å²) in [6, 6.07) is 9.06. The third-order valence-electron chi connectivity index (χ3n) is 8.50.